The molecule has 4 saturated heterocycles. The van der Waals surface area contributed by atoms with E-state index in [4.69, 9.17) is 14.6 Å². The first-order valence-corrected chi connectivity index (χ1v) is 24.5. The van der Waals surface area contributed by atoms with E-state index in [1.807, 2.05) is 0 Å². The average molecular weight is 839 g/mol. The highest BCUT2D eigenvalue weighted by Gasteiger charge is 2.40. The van der Waals surface area contributed by atoms with Crippen molar-refractivity contribution in [1.29, 1.82) is 0 Å². The van der Waals surface area contributed by atoms with E-state index in [9.17, 15) is 26.4 Å². The molecule has 8 aliphatic rings. The molecular weight excluding hydrogens is 781 g/mol. The van der Waals surface area contributed by atoms with Gasteiger partial charge in [0.05, 0.1) is 17.9 Å². The number of nitrogens with zero attached hydrogens (tertiary/aromatic N) is 3. The zero-order chi connectivity index (χ0) is 40.4. The molecule has 2 atom stereocenters. The third-order valence-corrected chi connectivity index (χ3v) is 16.1. The first-order valence-electron chi connectivity index (χ1n) is 21.4. The van der Waals surface area contributed by atoms with Gasteiger partial charge in [-0.05, 0) is 147 Å². The number of carbonyl (C=O) groups excluding carboxylic acids is 2. The van der Waals surface area contributed by atoms with Crippen molar-refractivity contribution >= 4 is 43.5 Å². The van der Waals surface area contributed by atoms with Crippen LogP contribution >= 0.6 is 0 Å². The number of carbonyl (C=O) groups is 1. The maximum atomic E-state index is 12.6. The van der Waals surface area contributed by atoms with E-state index >= 15 is 0 Å². The minimum atomic E-state index is -3.68. The van der Waals surface area contributed by atoms with Crippen molar-refractivity contribution in [2.75, 3.05) is 57.8 Å². The van der Waals surface area contributed by atoms with E-state index in [1.54, 1.807) is 6.08 Å². The second kappa shape index (κ2) is 17.8. The summed E-state index contributed by atoms with van der Waals surface area (Å²) in [6.07, 6.45) is 19.6. The predicted molar refractivity (Wildman–Crippen MR) is 221 cm³/mol. The smallest absolute Gasteiger partial charge is 0.332 e. The van der Waals surface area contributed by atoms with Crippen molar-refractivity contribution in [2.24, 2.45) is 10.1 Å². The van der Waals surface area contributed by atoms with Gasteiger partial charge in [-0.1, -0.05) is 12.1 Å². The van der Waals surface area contributed by atoms with Gasteiger partial charge < -0.3 is 14.8 Å². The molecule has 0 radical (unpaired) electrons. The van der Waals surface area contributed by atoms with Gasteiger partial charge in [0.25, 0.3) is 0 Å². The van der Waals surface area contributed by atoms with Gasteiger partial charge in [0.2, 0.25) is 26.1 Å². The molecule has 0 saturated carbocycles. The van der Waals surface area contributed by atoms with E-state index in [2.05, 4.69) is 37.0 Å². The van der Waals surface area contributed by atoms with Crippen molar-refractivity contribution in [3.8, 4) is 0 Å². The lowest BCUT2D eigenvalue weighted by atomic mass is 9.99. The van der Waals surface area contributed by atoms with Crippen LogP contribution in [0.1, 0.15) is 95.9 Å². The Labute approximate surface area is 342 Å². The number of fused-ring (bicyclic) bond motifs is 4. The van der Waals surface area contributed by atoms with Crippen LogP contribution in [0.15, 0.2) is 17.1 Å². The summed E-state index contributed by atoms with van der Waals surface area (Å²) in [6, 6.07) is 4.01. The molecule has 2 aromatic rings. The second-order valence-electron chi connectivity index (χ2n) is 17.3. The molecule has 16 heteroatoms. The Hall–Kier alpha value is -3.21. The van der Waals surface area contributed by atoms with Gasteiger partial charge in [0.15, 0.2) is 0 Å². The van der Waals surface area contributed by atoms with E-state index in [0.29, 0.717) is 32.3 Å². The first kappa shape index (κ1) is 41.5. The van der Waals surface area contributed by atoms with E-state index in [-0.39, 0.29) is 11.4 Å². The summed E-state index contributed by atoms with van der Waals surface area (Å²) in [5.74, 6) is 0. The number of likely N-dealkylation sites (tertiary alicyclic amines) is 2. The van der Waals surface area contributed by atoms with Gasteiger partial charge in [-0.15, -0.1) is 0 Å². The number of urea groups is 1. The van der Waals surface area contributed by atoms with Gasteiger partial charge in [-0.25, -0.2) is 36.3 Å². The van der Waals surface area contributed by atoms with Crippen molar-refractivity contribution in [1.82, 2.24) is 14.5 Å². The summed E-state index contributed by atoms with van der Waals surface area (Å²) in [4.78, 5) is 31.2. The molecule has 2 unspecified atom stereocenters. The van der Waals surface area contributed by atoms with Crippen LogP contribution in [0.2, 0.25) is 0 Å². The predicted octanol–water partition coefficient (Wildman–Crippen LogP) is 3.75. The maximum Gasteiger partial charge on any atom is 0.332 e. The van der Waals surface area contributed by atoms with Crippen LogP contribution in [0.3, 0.4) is 0 Å². The van der Waals surface area contributed by atoms with Crippen molar-refractivity contribution in [3.05, 3.63) is 56.6 Å². The normalized spacial score (nSPS) is 23.9. The number of hydrogen-bond donors (Lipinski definition) is 3. The second-order valence-corrected chi connectivity index (χ2v) is 21.1. The lowest BCUT2D eigenvalue weighted by Gasteiger charge is -2.39. The minimum absolute atomic E-state index is 0.220. The van der Waals surface area contributed by atoms with E-state index in [1.165, 1.54) is 57.3 Å². The van der Waals surface area contributed by atoms with Crippen LogP contribution in [-0.2, 0) is 85.7 Å². The number of aryl methyl sites for hydroxylation is 4. The summed E-state index contributed by atoms with van der Waals surface area (Å²) >= 11 is 0. The number of ether oxygens (including phenoxy) is 2. The first-order chi connectivity index (χ1) is 27.9. The monoisotopic (exact) mass is 838 g/mol. The Morgan fingerprint density at radius 1 is 0.690 bits per heavy atom. The van der Waals surface area contributed by atoms with E-state index in [0.717, 1.165) is 128 Å². The third kappa shape index (κ3) is 9.39. The number of nitrogens with one attached hydrogen (secondary N) is 2. The molecule has 0 spiro atoms. The quantitative estimate of drug-likeness (QED) is 0.248. The highest BCUT2D eigenvalue weighted by atomic mass is 32.2. The lowest BCUT2D eigenvalue weighted by Crippen LogP contribution is -2.59. The number of primary sulfonamides is 1. The van der Waals surface area contributed by atoms with Crippen LogP contribution in [0.4, 0.5) is 16.2 Å². The number of nitrogens with two attached hydrogens (primary N) is 1. The molecule has 4 N–H and O–H groups in total. The Bertz CT molecular complexity index is 2070. The summed E-state index contributed by atoms with van der Waals surface area (Å²) in [5, 5.41) is 7.04. The Morgan fingerprint density at radius 2 is 1.14 bits per heavy atom. The largest absolute Gasteiger partial charge is 0.377 e. The van der Waals surface area contributed by atoms with Crippen LogP contribution in [-0.4, -0.2) is 114 Å². The number of benzene rings is 2. The highest BCUT2D eigenvalue weighted by Crippen LogP contribution is 2.40. The Balaban J connectivity index is 0.000000135. The Morgan fingerprint density at radius 3 is 1.57 bits per heavy atom. The molecule has 4 aliphatic carbocycles. The molecule has 58 heavy (non-hydrogen) atoms. The molecule has 316 valence electrons. The van der Waals surface area contributed by atoms with Gasteiger partial charge in [0, 0.05) is 58.2 Å². The number of anilines is 1. The van der Waals surface area contributed by atoms with Crippen molar-refractivity contribution in [3.63, 3.8) is 0 Å². The SMILES string of the molecule is NS(=O)(=O)C1CN(CC2CCCO2)C1.O=C(Nc1c2c(cc3c1CCC3)CCC2)NS(=O)(=O)C1CN(CC2CCCO2)C1.O=C=Nc1c2c(cc3c1CCC3)CCC2. The fraction of sp³-hybridized carbons (Fsp3) is 0.667. The topological polar surface area (TPSA) is 190 Å². The fourth-order valence-corrected chi connectivity index (χ4v) is 12.3. The molecule has 0 aromatic heterocycles. The van der Waals surface area contributed by atoms with Gasteiger partial charge >= 0.3 is 6.03 Å². The summed E-state index contributed by atoms with van der Waals surface area (Å²) in [7, 11) is -7.00. The molecule has 2 aromatic carbocycles. The molecule has 10 rings (SSSR count). The number of isocyanates is 1. The number of aliphatic imine (C=N–C) groups is 1. The highest BCUT2D eigenvalue weighted by molar-refractivity contribution is 7.90. The van der Waals surface area contributed by atoms with Crippen molar-refractivity contribution in [2.45, 2.75) is 125 Å². The average Bonchev–Trinajstić information content (AvgIpc) is 3.98. The van der Waals surface area contributed by atoms with Gasteiger partial charge in [-0.2, -0.15) is 4.99 Å². The molecule has 4 heterocycles. The summed E-state index contributed by atoms with van der Waals surface area (Å²) in [6.45, 7) is 5.33. The van der Waals surface area contributed by atoms with Crippen LogP contribution in [0, 0.1) is 0 Å². The van der Waals surface area contributed by atoms with Crippen molar-refractivity contribution < 1.29 is 35.9 Å². The van der Waals surface area contributed by atoms with Crippen LogP contribution < -0.4 is 15.2 Å². The molecular formula is C42H58N6O8S2. The van der Waals surface area contributed by atoms with Crippen LogP contribution in [0.5, 0.6) is 0 Å². The lowest BCUT2D eigenvalue weighted by molar-refractivity contribution is 0.0528. The molecule has 0 bridgehead atoms. The zero-order valence-corrected chi connectivity index (χ0v) is 35.1. The number of rotatable bonds is 9. The summed E-state index contributed by atoms with van der Waals surface area (Å²) < 4.78 is 60.4. The third-order valence-electron chi connectivity index (χ3n) is 13.3. The van der Waals surface area contributed by atoms with E-state index < -0.39 is 31.3 Å². The van der Waals surface area contributed by atoms with Crippen LogP contribution in [0.25, 0.3) is 0 Å². The number of hydrogen-bond acceptors (Lipinski definition) is 11. The van der Waals surface area contributed by atoms with Gasteiger partial charge in [0.1, 0.15) is 10.5 Å². The minimum Gasteiger partial charge on any atom is -0.377 e. The fourth-order valence-electron chi connectivity index (χ4n) is 10.2. The molecule has 4 aliphatic heterocycles. The summed E-state index contributed by atoms with van der Waals surface area (Å²) in [5.41, 5.74) is 12.3. The Kier molecular flexibility index (Phi) is 12.7. The number of amides is 2. The molecule has 14 nitrogen and oxygen atoms in total. The maximum absolute atomic E-state index is 12.6. The molecule has 2 amide bonds. The standard InChI is InChI=1S/C21H29N3O4S.C13H13NO.C8H16N2O3S/c25-21(22-20-18-7-1-4-14(18)10-15-5-2-8-19(15)20)23-29(26,27)17-12-24(13-17)11-16-6-3-9-28-16;15-8-14-13-11-5-1-3-9(11)7-10-4-2-6-12(10)13;9-14(11,12)8-5-10(6-8)4-7-2-1-3-13-7/h10,16-17H,1-9,11-13H2,(H2,22,23,25);7H,1-6H2;7-8H,1-6H2,(H2,9,11,12). The van der Waals surface area contributed by atoms with Gasteiger partial charge in [-0.3, -0.25) is 9.80 Å². The number of sulfonamides is 2. The zero-order valence-electron chi connectivity index (χ0n) is 33.4. The molecule has 4 fully saturated rings.